The molecule has 9 heavy (non-hydrogen) atoms. The summed E-state index contributed by atoms with van der Waals surface area (Å²) in [4.78, 5) is 0. The summed E-state index contributed by atoms with van der Waals surface area (Å²) < 4.78 is 21.7. The zero-order valence-corrected chi connectivity index (χ0v) is 5.27. The Kier molecular flexibility index (Phi) is 1.42. The normalized spacial score (nSPS) is 9.67. The topological polar surface area (TPSA) is 22.4 Å². The van der Waals surface area contributed by atoms with Gasteiger partial charge in [0, 0.05) is 6.07 Å². The first-order chi connectivity index (χ1) is 4.24. The molecule has 0 aliphatic carbocycles. The third kappa shape index (κ3) is 1.04. The Bertz CT molecular complexity index is 205. The maximum atomic E-state index is 12.4. The minimum absolute atomic E-state index is 0.0486. The average Bonchev–Trinajstić information content (AvgIpc) is 2.10. The van der Waals surface area contributed by atoms with Gasteiger partial charge in [0.25, 0.3) is 0 Å². The summed E-state index contributed by atoms with van der Waals surface area (Å²) >= 11 is 0. The van der Waals surface area contributed by atoms with Crippen LogP contribution in [-0.2, 0) is 0 Å². The summed E-state index contributed by atoms with van der Waals surface area (Å²) in [6.45, 7) is 1.66. The van der Waals surface area contributed by atoms with Crippen molar-refractivity contribution >= 4 is 0 Å². The van der Waals surface area contributed by atoms with E-state index in [-0.39, 0.29) is 5.95 Å². The Hall–Kier alpha value is -0.990. The van der Waals surface area contributed by atoms with E-state index in [1.807, 2.05) is 0 Å². The highest BCUT2D eigenvalue weighted by Crippen LogP contribution is 2.19. The number of furan rings is 1. The van der Waals surface area contributed by atoms with Gasteiger partial charge in [-0.2, -0.15) is 4.39 Å². The van der Waals surface area contributed by atoms with E-state index in [4.69, 9.17) is 4.42 Å². The van der Waals surface area contributed by atoms with E-state index < -0.39 is 5.82 Å². The predicted octanol–water partition coefficient (Wildman–Crippen LogP) is 1.74. The van der Waals surface area contributed by atoms with Crippen molar-refractivity contribution in [1.82, 2.24) is 0 Å². The number of methoxy groups -OCH3 is 1. The van der Waals surface area contributed by atoms with Crippen molar-refractivity contribution in [3.05, 3.63) is 17.6 Å². The van der Waals surface area contributed by atoms with Gasteiger partial charge in [-0.15, -0.1) is 0 Å². The monoisotopic (exact) mass is 130 g/mol. The van der Waals surface area contributed by atoms with Gasteiger partial charge in [-0.1, -0.05) is 0 Å². The molecule has 0 saturated heterocycles. The molecule has 0 amide bonds. The van der Waals surface area contributed by atoms with Gasteiger partial charge < -0.3 is 9.15 Å². The van der Waals surface area contributed by atoms with Crippen LogP contribution in [0.15, 0.2) is 10.5 Å². The van der Waals surface area contributed by atoms with Crippen LogP contribution < -0.4 is 4.74 Å². The molecule has 0 aromatic carbocycles. The molecule has 0 aliphatic rings. The van der Waals surface area contributed by atoms with Crippen LogP contribution in [0, 0.1) is 12.7 Å². The first-order valence-electron chi connectivity index (χ1n) is 2.54. The maximum absolute atomic E-state index is 12.4. The Morgan fingerprint density at radius 2 is 2.33 bits per heavy atom. The molecular weight excluding hydrogens is 123 g/mol. The fourth-order valence-electron chi connectivity index (χ4n) is 0.601. The van der Waals surface area contributed by atoms with Crippen LogP contribution in [0.4, 0.5) is 4.39 Å². The lowest BCUT2D eigenvalue weighted by Gasteiger charge is -1.89. The van der Waals surface area contributed by atoms with Crippen molar-refractivity contribution in [2.24, 2.45) is 0 Å². The molecule has 0 bridgehead atoms. The summed E-state index contributed by atoms with van der Waals surface area (Å²) in [6.07, 6.45) is 0. The van der Waals surface area contributed by atoms with E-state index in [1.54, 1.807) is 6.92 Å². The predicted molar refractivity (Wildman–Crippen MR) is 30.0 cm³/mol. The highest BCUT2D eigenvalue weighted by Gasteiger charge is 2.06. The number of ether oxygens (including phenoxy) is 1. The van der Waals surface area contributed by atoms with E-state index in [1.165, 1.54) is 13.2 Å². The van der Waals surface area contributed by atoms with E-state index in [9.17, 15) is 4.39 Å². The largest absolute Gasteiger partial charge is 0.466 e. The van der Waals surface area contributed by atoms with E-state index >= 15 is 0 Å². The Balaban J connectivity index is 3.01. The number of aryl methyl sites for hydroxylation is 1. The Morgan fingerprint density at radius 1 is 1.67 bits per heavy atom. The van der Waals surface area contributed by atoms with Gasteiger partial charge in [0.2, 0.25) is 5.82 Å². The summed E-state index contributed by atoms with van der Waals surface area (Å²) in [5, 5.41) is 0. The highest BCUT2D eigenvalue weighted by molar-refractivity contribution is 5.13. The first-order valence-corrected chi connectivity index (χ1v) is 2.54. The molecule has 1 aromatic heterocycles. The number of hydrogen-bond acceptors (Lipinski definition) is 2. The molecule has 0 atom stereocenters. The fourth-order valence-corrected chi connectivity index (χ4v) is 0.601. The molecular formula is C6H7FO2. The molecule has 0 N–H and O–H groups in total. The van der Waals surface area contributed by atoms with Crippen LogP contribution in [0.5, 0.6) is 5.95 Å². The van der Waals surface area contributed by atoms with Crippen LogP contribution in [0.2, 0.25) is 0 Å². The van der Waals surface area contributed by atoms with Crippen LogP contribution in [-0.4, -0.2) is 7.11 Å². The van der Waals surface area contributed by atoms with Gasteiger partial charge in [-0.3, -0.25) is 0 Å². The standard InChI is InChI=1S/C6H7FO2/c1-4-3-5(7)6(8-2)9-4/h3H,1-2H3. The lowest BCUT2D eigenvalue weighted by molar-refractivity contribution is 0.280. The molecule has 0 fully saturated rings. The molecule has 3 heteroatoms. The van der Waals surface area contributed by atoms with Crippen LogP contribution in [0.3, 0.4) is 0 Å². The summed E-state index contributed by atoms with van der Waals surface area (Å²) in [6, 6.07) is 1.28. The van der Waals surface area contributed by atoms with Gasteiger partial charge in [0.1, 0.15) is 5.76 Å². The smallest absolute Gasteiger partial charge is 0.321 e. The second-order valence-electron chi connectivity index (χ2n) is 1.70. The molecule has 1 aromatic rings. The van der Waals surface area contributed by atoms with Gasteiger partial charge in [-0.25, -0.2) is 0 Å². The van der Waals surface area contributed by atoms with Gasteiger partial charge in [-0.05, 0) is 6.92 Å². The van der Waals surface area contributed by atoms with Crippen LogP contribution >= 0.6 is 0 Å². The zero-order valence-electron chi connectivity index (χ0n) is 5.27. The second kappa shape index (κ2) is 2.09. The molecule has 2 nitrogen and oxygen atoms in total. The van der Waals surface area contributed by atoms with Gasteiger partial charge >= 0.3 is 5.95 Å². The van der Waals surface area contributed by atoms with Gasteiger partial charge in [0.15, 0.2) is 0 Å². The van der Waals surface area contributed by atoms with Crippen molar-refractivity contribution < 1.29 is 13.5 Å². The van der Waals surface area contributed by atoms with Crippen molar-refractivity contribution in [2.45, 2.75) is 6.92 Å². The zero-order chi connectivity index (χ0) is 6.85. The third-order valence-electron chi connectivity index (χ3n) is 0.964. The summed E-state index contributed by atoms with van der Waals surface area (Å²) in [5.74, 6) is 0.0202. The molecule has 1 heterocycles. The molecule has 50 valence electrons. The highest BCUT2D eigenvalue weighted by atomic mass is 19.1. The molecule has 0 unspecified atom stereocenters. The third-order valence-corrected chi connectivity index (χ3v) is 0.964. The molecule has 0 spiro atoms. The SMILES string of the molecule is COc1oc(C)cc1F. The van der Waals surface area contributed by atoms with E-state index in [0.717, 1.165) is 0 Å². The lowest BCUT2D eigenvalue weighted by Crippen LogP contribution is -1.80. The van der Waals surface area contributed by atoms with E-state index in [2.05, 4.69) is 4.74 Å². The fraction of sp³-hybridized carbons (Fsp3) is 0.333. The molecule has 0 aliphatic heterocycles. The molecule has 0 radical (unpaired) electrons. The van der Waals surface area contributed by atoms with Crippen molar-refractivity contribution in [3.63, 3.8) is 0 Å². The summed E-state index contributed by atoms with van der Waals surface area (Å²) in [7, 11) is 1.36. The van der Waals surface area contributed by atoms with Crippen molar-refractivity contribution in [3.8, 4) is 5.95 Å². The van der Waals surface area contributed by atoms with Crippen molar-refractivity contribution in [2.75, 3.05) is 7.11 Å². The average molecular weight is 130 g/mol. The van der Waals surface area contributed by atoms with Crippen LogP contribution in [0.1, 0.15) is 5.76 Å². The Morgan fingerprint density at radius 3 is 2.56 bits per heavy atom. The minimum atomic E-state index is -0.449. The second-order valence-corrected chi connectivity index (χ2v) is 1.70. The first kappa shape index (κ1) is 6.13. The number of hydrogen-bond donors (Lipinski definition) is 0. The number of rotatable bonds is 1. The summed E-state index contributed by atoms with van der Waals surface area (Å²) in [5.41, 5.74) is 0. The molecule has 0 saturated carbocycles. The molecule has 1 rings (SSSR count). The van der Waals surface area contributed by atoms with Crippen LogP contribution in [0.25, 0.3) is 0 Å². The lowest BCUT2D eigenvalue weighted by atomic mass is 10.5. The maximum Gasteiger partial charge on any atom is 0.321 e. The quantitative estimate of drug-likeness (QED) is 0.577. The minimum Gasteiger partial charge on any atom is -0.466 e. The van der Waals surface area contributed by atoms with E-state index in [0.29, 0.717) is 5.76 Å². The van der Waals surface area contributed by atoms with Gasteiger partial charge in [0.05, 0.1) is 7.11 Å². The Labute approximate surface area is 52.2 Å². The number of halogens is 1. The van der Waals surface area contributed by atoms with Crippen molar-refractivity contribution in [1.29, 1.82) is 0 Å².